The number of carbonyl (C=O) groups is 1. The topological polar surface area (TPSA) is 98.7 Å². The number of tetrazole rings is 1. The maximum atomic E-state index is 12.6. The van der Waals surface area contributed by atoms with Crippen molar-refractivity contribution in [1.82, 2.24) is 30.5 Å². The first kappa shape index (κ1) is 15.5. The standard InChI is InChI=1S/C17H18N6O2/c1-10-13(7-8-14(18-10)15-4-3-9-25-15)17(24)19-11(2)16-20-21-22-23(16)12-5-6-12/h3-4,7-9,11-12H,5-6H2,1-2H3,(H,19,24). The molecule has 1 unspecified atom stereocenters. The number of aromatic nitrogens is 5. The lowest BCUT2D eigenvalue weighted by atomic mass is 10.1. The lowest BCUT2D eigenvalue weighted by molar-refractivity contribution is 0.0936. The molecule has 1 atom stereocenters. The number of aryl methyl sites for hydroxylation is 1. The predicted octanol–water partition coefficient (Wildman–Crippen LogP) is 2.46. The normalized spacial score (nSPS) is 15.1. The smallest absolute Gasteiger partial charge is 0.253 e. The van der Waals surface area contributed by atoms with E-state index in [1.807, 2.05) is 13.0 Å². The summed E-state index contributed by atoms with van der Waals surface area (Å²) in [5.41, 5.74) is 1.86. The van der Waals surface area contributed by atoms with Crippen LogP contribution in [0.25, 0.3) is 11.5 Å². The van der Waals surface area contributed by atoms with Gasteiger partial charge in [-0.3, -0.25) is 4.79 Å². The number of hydrogen-bond acceptors (Lipinski definition) is 6. The molecule has 0 aliphatic heterocycles. The molecule has 0 saturated heterocycles. The fourth-order valence-corrected chi connectivity index (χ4v) is 2.77. The summed E-state index contributed by atoms with van der Waals surface area (Å²) in [6.07, 6.45) is 3.75. The molecule has 3 aromatic rings. The molecule has 1 fully saturated rings. The van der Waals surface area contributed by atoms with Crippen LogP contribution in [0.15, 0.2) is 34.9 Å². The summed E-state index contributed by atoms with van der Waals surface area (Å²) in [4.78, 5) is 17.1. The summed E-state index contributed by atoms with van der Waals surface area (Å²) < 4.78 is 7.14. The van der Waals surface area contributed by atoms with E-state index < -0.39 is 0 Å². The van der Waals surface area contributed by atoms with E-state index in [1.165, 1.54) is 0 Å². The van der Waals surface area contributed by atoms with Crippen LogP contribution in [0, 0.1) is 6.92 Å². The van der Waals surface area contributed by atoms with E-state index in [2.05, 4.69) is 25.8 Å². The van der Waals surface area contributed by atoms with Crippen molar-refractivity contribution in [3.8, 4) is 11.5 Å². The number of amides is 1. The number of hydrogen-bond donors (Lipinski definition) is 1. The zero-order chi connectivity index (χ0) is 17.4. The van der Waals surface area contributed by atoms with Crippen LogP contribution in [-0.4, -0.2) is 31.1 Å². The highest BCUT2D eigenvalue weighted by atomic mass is 16.3. The molecule has 3 aromatic heterocycles. The summed E-state index contributed by atoms with van der Waals surface area (Å²) >= 11 is 0. The van der Waals surface area contributed by atoms with Gasteiger partial charge in [-0.05, 0) is 61.4 Å². The SMILES string of the molecule is Cc1nc(-c2ccco2)ccc1C(=O)NC(C)c1nnnn1C1CC1. The lowest BCUT2D eigenvalue weighted by Gasteiger charge is -2.14. The number of furan rings is 1. The Hall–Kier alpha value is -3.03. The number of pyridine rings is 1. The molecule has 1 saturated carbocycles. The molecule has 3 heterocycles. The molecule has 4 rings (SSSR count). The van der Waals surface area contributed by atoms with Gasteiger partial charge in [-0.25, -0.2) is 9.67 Å². The minimum absolute atomic E-state index is 0.200. The Morgan fingerprint density at radius 2 is 2.20 bits per heavy atom. The van der Waals surface area contributed by atoms with Crippen LogP contribution in [0.2, 0.25) is 0 Å². The van der Waals surface area contributed by atoms with E-state index in [-0.39, 0.29) is 11.9 Å². The van der Waals surface area contributed by atoms with Crippen molar-refractivity contribution in [3.63, 3.8) is 0 Å². The third kappa shape index (κ3) is 3.02. The second kappa shape index (κ2) is 6.12. The quantitative estimate of drug-likeness (QED) is 0.767. The molecule has 1 aliphatic carbocycles. The molecule has 1 aliphatic rings. The predicted molar refractivity (Wildman–Crippen MR) is 88.6 cm³/mol. The molecule has 25 heavy (non-hydrogen) atoms. The van der Waals surface area contributed by atoms with Crippen LogP contribution in [0.1, 0.15) is 53.7 Å². The summed E-state index contributed by atoms with van der Waals surface area (Å²) in [7, 11) is 0. The third-order valence-corrected chi connectivity index (χ3v) is 4.25. The van der Waals surface area contributed by atoms with Crippen LogP contribution < -0.4 is 5.32 Å². The van der Waals surface area contributed by atoms with Crippen LogP contribution in [0.3, 0.4) is 0 Å². The van der Waals surface area contributed by atoms with Crippen molar-refractivity contribution in [1.29, 1.82) is 0 Å². The first-order chi connectivity index (χ1) is 12.1. The fraction of sp³-hybridized carbons (Fsp3) is 0.353. The molecular weight excluding hydrogens is 320 g/mol. The van der Waals surface area contributed by atoms with Gasteiger partial charge in [-0.1, -0.05) is 0 Å². The van der Waals surface area contributed by atoms with Gasteiger partial charge in [-0.2, -0.15) is 0 Å². The van der Waals surface area contributed by atoms with E-state index in [0.717, 1.165) is 12.8 Å². The molecule has 0 radical (unpaired) electrons. The molecular formula is C17H18N6O2. The van der Waals surface area contributed by atoms with Crippen LogP contribution in [0.5, 0.6) is 0 Å². The van der Waals surface area contributed by atoms with Crippen molar-refractivity contribution < 1.29 is 9.21 Å². The second-order valence-electron chi connectivity index (χ2n) is 6.21. The van der Waals surface area contributed by atoms with Gasteiger partial charge < -0.3 is 9.73 Å². The van der Waals surface area contributed by atoms with Crippen molar-refractivity contribution in [2.24, 2.45) is 0 Å². The molecule has 128 valence electrons. The van der Waals surface area contributed by atoms with Crippen LogP contribution in [-0.2, 0) is 0 Å². The summed E-state index contributed by atoms with van der Waals surface area (Å²) in [6.45, 7) is 3.68. The lowest BCUT2D eigenvalue weighted by Crippen LogP contribution is -2.29. The Morgan fingerprint density at radius 1 is 1.36 bits per heavy atom. The number of rotatable bonds is 5. The molecule has 0 spiro atoms. The Balaban J connectivity index is 1.51. The van der Waals surface area contributed by atoms with Gasteiger partial charge in [0.25, 0.3) is 5.91 Å². The van der Waals surface area contributed by atoms with Crippen LogP contribution >= 0.6 is 0 Å². The number of carbonyl (C=O) groups excluding carboxylic acids is 1. The van der Waals surface area contributed by atoms with Gasteiger partial charge in [0.2, 0.25) is 0 Å². The molecule has 0 aromatic carbocycles. The summed E-state index contributed by atoms with van der Waals surface area (Å²) in [6, 6.07) is 7.25. The van der Waals surface area contributed by atoms with E-state index in [1.54, 1.807) is 36.1 Å². The van der Waals surface area contributed by atoms with Gasteiger partial charge in [-0.15, -0.1) is 5.10 Å². The van der Waals surface area contributed by atoms with Crippen molar-refractivity contribution in [2.45, 2.75) is 38.8 Å². The largest absolute Gasteiger partial charge is 0.463 e. The Morgan fingerprint density at radius 3 is 2.88 bits per heavy atom. The maximum absolute atomic E-state index is 12.6. The molecule has 1 N–H and O–H groups in total. The number of nitrogens with zero attached hydrogens (tertiary/aromatic N) is 5. The minimum Gasteiger partial charge on any atom is -0.463 e. The first-order valence-electron chi connectivity index (χ1n) is 8.23. The van der Waals surface area contributed by atoms with E-state index in [9.17, 15) is 4.79 Å². The highest BCUT2D eigenvalue weighted by Gasteiger charge is 2.30. The van der Waals surface area contributed by atoms with Crippen molar-refractivity contribution in [3.05, 3.63) is 47.6 Å². The zero-order valence-corrected chi connectivity index (χ0v) is 14.0. The highest BCUT2D eigenvalue weighted by molar-refractivity contribution is 5.95. The molecule has 8 heteroatoms. The Bertz CT molecular complexity index is 898. The van der Waals surface area contributed by atoms with E-state index in [4.69, 9.17) is 4.42 Å². The van der Waals surface area contributed by atoms with Gasteiger partial charge in [0.1, 0.15) is 5.69 Å². The van der Waals surface area contributed by atoms with Gasteiger partial charge in [0.05, 0.1) is 29.6 Å². The van der Waals surface area contributed by atoms with Gasteiger partial charge in [0, 0.05) is 0 Å². The first-order valence-corrected chi connectivity index (χ1v) is 8.23. The summed E-state index contributed by atoms with van der Waals surface area (Å²) in [5, 5.41) is 14.8. The van der Waals surface area contributed by atoms with Crippen LogP contribution in [0.4, 0.5) is 0 Å². The average Bonchev–Trinajstić information content (AvgIpc) is 3.11. The van der Waals surface area contributed by atoms with Gasteiger partial charge in [0.15, 0.2) is 11.6 Å². The minimum atomic E-state index is -0.285. The van der Waals surface area contributed by atoms with E-state index >= 15 is 0 Å². The Kier molecular flexibility index (Phi) is 3.79. The second-order valence-corrected chi connectivity index (χ2v) is 6.21. The average molecular weight is 338 g/mol. The maximum Gasteiger partial charge on any atom is 0.253 e. The van der Waals surface area contributed by atoms with Gasteiger partial charge >= 0.3 is 0 Å². The van der Waals surface area contributed by atoms with Crippen molar-refractivity contribution in [2.75, 3.05) is 0 Å². The zero-order valence-electron chi connectivity index (χ0n) is 14.0. The monoisotopic (exact) mass is 338 g/mol. The summed E-state index contributed by atoms with van der Waals surface area (Å²) in [5.74, 6) is 1.15. The van der Waals surface area contributed by atoms with Crippen molar-refractivity contribution >= 4 is 5.91 Å². The fourth-order valence-electron chi connectivity index (χ4n) is 2.77. The number of nitrogens with one attached hydrogen (secondary N) is 1. The molecule has 1 amide bonds. The molecule has 8 nitrogen and oxygen atoms in total. The highest BCUT2D eigenvalue weighted by Crippen LogP contribution is 2.35. The molecule has 0 bridgehead atoms. The third-order valence-electron chi connectivity index (χ3n) is 4.25. The Labute approximate surface area is 144 Å². The van der Waals surface area contributed by atoms with E-state index in [0.29, 0.717) is 34.6 Å².